The summed E-state index contributed by atoms with van der Waals surface area (Å²) in [4.78, 5) is 0. The van der Waals surface area contributed by atoms with Gasteiger partial charge in [-0.1, -0.05) is 91.0 Å². The van der Waals surface area contributed by atoms with Crippen molar-refractivity contribution in [1.29, 1.82) is 0 Å². The van der Waals surface area contributed by atoms with Gasteiger partial charge >= 0.3 is 7.60 Å². The molecule has 0 saturated carbocycles. The van der Waals surface area contributed by atoms with Gasteiger partial charge in [0.05, 0.1) is 18.4 Å². The van der Waals surface area contributed by atoms with Gasteiger partial charge in [-0.3, -0.25) is 4.57 Å². The van der Waals surface area contributed by atoms with E-state index in [1.165, 1.54) is 16.4 Å². The molecule has 1 unspecified atom stereocenters. The molecule has 3 nitrogen and oxygen atoms in total. The zero-order valence-electron chi connectivity index (χ0n) is 17.3. The Kier molecular flexibility index (Phi) is 6.37. The van der Waals surface area contributed by atoms with Crippen molar-refractivity contribution in [3.8, 4) is 0 Å². The molecule has 1 aliphatic heterocycles. The van der Waals surface area contributed by atoms with Crippen LogP contribution < -0.4 is 5.30 Å². The number of benzene rings is 3. The first kappa shape index (κ1) is 21.2. The van der Waals surface area contributed by atoms with E-state index in [1.807, 2.05) is 32.0 Å². The van der Waals surface area contributed by atoms with Crippen molar-refractivity contribution in [2.45, 2.75) is 19.0 Å². The van der Waals surface area contributed by atoms with Gasteiger partial charge in [-0.15, -0.1) is 0 Å². The van der Waals surface area contributed by atoms with E-state index in [0.717, 1.165) is 5.31 Å². The second-order valence-corrected chi connectivity index (χ2v) is 11.2. The summed E-state index contributed by atoms with van der Waals surface area (Å²) in [5.74, 6) is 1.80. The van der Waals surface area contributed by atoms with E-state index >= 15 is 0 Å². The second-order valence-electron chi connectivity index (χ2n) is 7.00. The largest absolute Gasteiger partial charge is 0.354 e. The molecule has 0 N–H and O–H groups in total. The molecule has 1 aliphatic rings. The van der Waals surface area contributed by atoms with Crippen molar-refractivity contribution >= 4 is 20.8 Å². The molecule has 154 valence electrons. The van der Waals surface area contributed by atoms with Crippen LogP contribution in [0.3, 0.4) is 0 Å². The minimum absolute atomic E-state index is 0.330. The molecule has 1 atom stereocenters. The second kappa shape index (κ2) is 9.00. The van der Waals surface area contributed by atoms with Gasteiger partial charge in [0.1, 0.15) is 0 Å². The van der Waals surface area contributed by atoms with Gasteiger partial charge in [0.25, 0.3) is 0 Å². The van der Waals surface area contributed by atoms with Crippen LogP contribution in [0.15, 0.2) is 102 Å². The van der Waals surface area contributed by atoms with Crippen LogP contribution in [0.5, 0.6) is 0 Å². The maximum Gasteiger partial charge on any atom is 0.354 e. The molecule has 0 bridgehead atoms. The predicted octanol–water partition coefficient (Wildman–Crippen LogP) is 6.86. The predicted molar refractivity (Wildman–Crippen MR) is 126 cm³/mol. The van der Waals surface area contributed by atoms with Crippen LogP contribution in [0, 0.1) is 0 Å². The summed E-state index contributed by atoms with van der Waals surface area (Å²) >= 11 is 0. The smallest absolute Gasteiger partial charge is 0.306 e. The van der Waals surface area contributed by atoms with Gasteiger partial charge in [0.2, 0.25) is 0 Å². The highest BCUT2D eigenvalue weighted by molar-refractivity contribution is 7.80. The summed E-state index contributed by atoms with van der Waals surface area (Å²) in [5.41, 5.74) is 2.41. The number of rotatable bonds is 8. The fourth-order valence-electron chi connectivity index (χ4n) is 4.03. The van der Waals surface area contributed by atoms with E-state index in [1.54, 1.807) is 5.82 Å². The monoisotopic (exact) mass is 436 g/mol. The van der Waals surface area contributed by atoms with Crippen LogP contribution in [0.2, 0.25) is 0 Å². The van der Waals surface area contributed by atoms with E-state index in [9.17, 15) is 4.57 Å². The molecule has 0 amide bonds. The van der Waals surface area contributed by atoms with Crippen LogP contribution >= 0.6 is 15.5 Å². The zero-order chi connectivity index (χ0) is 21.0. The SMILES string of the molecule is CCOP(=O)(C=C1P(c2ccccc2)C1(c1ccccc1)c1ccccc1)OCC. The fourth-order valence-corrected chi connectivity index (χ4v) is 9.41. The summed E-state index contributed by atoms with van der Waals surface area (Å²) in [5, 5.41) is 2.06. The van der Waals surface area contributed by atoms with Crippen LogP contribution in [-0.2, 0) is 18.8 Å². The Labute approximate surface area is 180 Å². The molecule has 0 aromatic heterocycles. The average molecular weight is 436 g/mol. The quantitative estimate of drug-likeness (QED) is 0.362. The Balaban J connectivity index is 1.96. The molecule has 1 saturated heterocycles. The lowest BCUT2D eigenvalue weighted by atomic mass is 9.91. The van der Waals surface area contributed by atoms with Crippen molar-refractivity contribution in [2.24, 2.45) is 0 Å². The van der Waals surface area contributed by atoms with Crippen molar-refractivity contribution in [2.75, 3.05) is 13.2 Å². The Bertz CT molecular complexity index is 1000. The van der Waals surface area contributed by atoms with Crippen LogP contribution in [0.1, 0.15) is 25.0 Å². The molecule has 0 aliphatic carbocycles. The molecule has 30 heavy (non-hydrogen) atoms. The molecule has 1 fully saturated rings. The minimum atomic E-state index is -3.34. The van der Waals surface area contributed by atoms with Crippen molar-refractivity contribution in [3.05, 3.63) is 113 Å². The van der Waals surface area contributed by atoms with Crippen LogP contribution in [0.4, 0.5) is 0 Å². The molecule has 5 heteroatoms. The molecule has 0 spiro atoms. The standard InChI is InChI=1S/C25H26O3P2/c1-3-27-30(26,28-4-2)20-24-25(21-14-8-5-9-15-21,22-16-10-6-11-17-22)29(24)23-18-12-7-13-19-23/h5-20H,3-4H2,1-2H3. The van der Waals surface area contributed by atoms with E-state index in [2.05, 4.69) is 72.8 Å². The Morgan fingerprint density at radius 3 is 1.63 bits per heavy atom. The fraction of sp³-hybridized carbons (Fsp3) is 0.200. The first-order valence-electron chi connectivity index (χ1n) is 10.2. The van der Waals surface area contributed by atoms with Crippen LogP contribution in [-0.4, -0.2) is 13.2 Å². The van der Waals surface area contributed by atoms with Crippen LogP contribution in [0.25, 0.3) is 0 Å². The Morgan fingerprint density at radius 1 is 0.767 bits per heavy atom. The maximum atomic E-state index is 13.5. The van der Waals surface area contributed by atoms with E-state index in [-0.39, 0.29) is 5.16 Å². The molecule has 3 aromatic carbocycles. The van der Waals surface area contributed by atoms with Crippen molar-refractivity contribution < 1.29 is 13.6 Å². The van der Waals surface area contributed by atoms with Gasteiger partial charge in [0.15, 0.2) is 0 Å². The summed E-state index contributed by atoms with van der Waals surface area (Å²) in [6.45, 7) is 4.37. The molecular weight excluding hydrogens is 410 g/mol. The lowest BCUT2D eigenvalue weighted by Crippen LogP contribution is -2.11. The summed E-state index contributed by atoms with van der Waals surface area (Å²) in [6, 6.07) is 31.5. The van der Waals surface area contributed by atoms with Gasteiger partial charge in [-0.2, -0.15) is 0 Å². The van der Waals surface area contributed by atoms with Gasteiger partial charge < -0.3 is 9.05 Å². The third-order valence-corrected chi connectivity index (χ3v) is 10.2. The first-order chi connectivity index (χ1) is 14.7. The normalized spacial score (nSPS) is 19.0. The summed E-state index contributed by atoms with van der Waals surface area (Å²) < 4.78 is 24.8. The minimum Gasteiger partial charge on any atom is -0.306 e. The molecule has 1 heterocycles. The third-order valence-electron chi connectivity index (χ3n) is 5.19. The highest BCUT2D eigenvalue weighted by Gasteiger charge is 2.63. The summed E-state index contributed by atoms with van der Waals surface area (Å²) in [7, 11) is -4.10. The molecule has 3 aromatic rings. The van der Waals surface area contributed by atoms with E-state index in [0.29, 0.717) is 13.2 Å². The van der Waals surface area contributed by atoms with E-state index in [4.69, 9.17) is 9.05 Å². The topological polar surface area (TPSA) is 35.5 Å². The lowest BCUT2D eigenvalue weighted by molar-refractivity contribution is 0.229. The highest BCUT2D eigenvalue weighted by atomic mass is 31.2. The average Bonchev–Trinajstić information content (AvgIpc) is 3.44. The third kappa shape index (κ3) is 3.84. The highest BCUT2D eigenvalue weighted by Crippen LogP contribution is 2.87. The lowest BCUT2D eigenvalue weighted by Gasteiger charge is -2.18. The van der Waals surface area contributed by atoms with Gasteiger partial charge in [-0.05, 0) is 43.5 Å². The van der Waals surface area contributed by atoms with E-state index < -0.39 is 15.5 Å². The first-order valence-corrected chi connectivity index (χ1v) is 13.2. The van der Waals surface area contributed by atoms with Crippen molar-refractivity contribution in [3.63, 3.8) is 0 Å². The molecule has 0 radical (unpaired) electrons. The van der Waals surface area contributed by atoms with Gasteiger partial charge in [0, 0.05) is 5.82 Å². The zero-order valence-corrected chi connectivity index (χ0v) is 19.1. The molecule has 4 rings (SSSR count). The van der Waals surface area contributed by atoms with Gasteiger partial charge in [-0.25, -0.2) is 0 Å². The maximum absolute atomic E-state index is 13.5. The number of allylic oxidation sites excluding steroid dienone is 1. The van der Waals surface area contributed by atoms with Crippen molar-refractivity contribution in [1.82, 2.24) is 0 Å². The number of hydrogen-bond acceptors (Lipinski definition) is 3. The number of hydrogen-bond donors (Lipinski definition) is 0. The Morgan fingerprint density at radius 2 is 1.20 bits per heavy atom. The Hall–Kier alpha value is -2.02. The molecular formula is C25H26O3P2. The summed E-state index contributed by atoms with van der Waals surface area (Å²) in [6.07, 6.45) is 0.